The van der Waals surface area contributed by atoms with E-state index in [9.17, 15) is 9.59 Å². The quantitative estimate of drug-likeness (QED) is 0.416. The van der Waals surface area contributed by atoms with Gasteiger partial charge < -0.3 is 18.9 Å². The van der Waals surface area contributed by atoms with Crippen molar-refractivity contribution in [3.05, 3.63) is 83.4 Å². The summed E-state index contributed by atoms with van der Waals surface area (Å²) in [5.41, 5.74) is 5.35. The highest BCUT2D eigenvalue weighted by Gasteiger charge is 2.45. The fourth-order valence-electron chi connectivity index (χ4n) is 6.32. The second-order valence-electron chi connectivity index (χ2n) is 10.2. The number of nitrogens with zero attached hydrogens (tertiary/aromatic N) is 1. The molecular weight excluding hydrogens is 482 g/mol. The van der Waals surface area contributed by atoms with Crippen LogP contribution in [0, 0.1) is 5.92 Å². The fraction of sp³-hybridized carbons (Fsp3) is 0.355. The Hall–Kier alpha value is -3.84. The van der Waals surface area contributed by atoms with E-state index in [0.717, 1.165) is 0 Å². The number of carbonyl (C=O) groups excluding carboxylic acids is 2. The Bertz CT molecular complexity index is 1310. The smallest absolute Gasteiger partial charge is 0.410 e. The molecule has 7 nitrogen and oxygen atoms in total. The van der Waals surface area contributed by atoms with Crippen molar-refractivity contribution in [1.29, 1.82) is 0 Å². The summed E-state index contributed by atoms with van der Waals surface area (Å²) >= 11 is 0. The van der Waals surface area contributed by atoms with Gasteiger partial charge in [-0.3, -0.25) is 9.69 Å². The van der Waals surface area contributed by atoms with Gasteiger partial charge in [-0.1, -0.05) is 48.5 Å². The lowest BCUT2D eigenvalue weighted by atomic mass is 9.81. The lowest BCUT2D eigenvalue weighted by molar-refractivity contribution is -0.0747. The molecule has 0 aromatic heterocycles. The molecular formula is C31H31NO6. The van der Waals surface area contributed by atoms with Crippen molar-refractivity contribution in [3.8, 4) is 22.6 Å². The van der Waals surface area contributed by atoms with E-state index in [4.69, 9.17) is 18.9 Å². The molecule has 2 atom stereocenters. The van der Waals surface area contributed by atoms with E-state index in [1.807, 2.05) is 29.2 Å². The summed E-state index contributed by atoms with van der Waals surface area (Å²) in [5.74, 6) is 0.962. The number of methoxy groups -OCH3 is 2. The maximum Gasteiger partial charge on any atom is 0.410 e. The molecule has 2 bridgehead atoms. The van der Waals surface area contributed by atoms with Crippen molar-refractivity contribution in [1.82, 2.24) is 4.90 Å². The highest BCUT2D eigenvalue weighted by atomic mass is 16.6. The molecule has 2 unspecified atom stereocenters. The van der Waals surface area contributed by atoms with Crippen LogP contribution in [0.5, 0.6) is 11.5 Å². The summed E-state index contributed by atoms with van der Waals surface area (Å²) < 4.78 is 22.4. The molecule has 3 aromatic rings. The van der Waals surface area contributed by atoms with Crippen LogP contribution in [0.1, 0.15) is 40.2 Å². The molecule has 2 heterocycles. The first-order chi connectivity index (χ1) is 18.6. The van der Waals surface area contributed by atoms with Crippen LogP contribution in [-0.2, 0) is 9.47 Å². The van der Waals surface area contributed by atoms with Crippen molar-refractivity contribution in [3.63, 3.8) is 0 Å². The van der Waals surface area contributed by atoms with Gasteiger partial charge in [-0.25, -0.2) is 4.79 Å². The number of carbonyl (C=O) groups is 2. The van der Waals surface area contributed by atoms with Crippen molar-refractivity contribution < 1.29 is 28.5 Å². The first kappa shape index (κ1) is 24.5. The Kier molecular flexibility index (Phi) is 6.54. The number of Topliss-reactive ketones (excluding diaryl/α,β-unsaturated/α-hetero) is 1. The number of fused-ring (bicyclic) bond motifs is 5. The second-order valence-corrected chi connectivity index (χ2v) is 10.2. The van der Waals surface area contributed by atoms with Gasteiger partial charge in [0.25, 0.3) is 0 Å². The van der Waals surface area contributed by atoms with Gasteiger partial charge in [-0.2, -0.15) is 0 Å². The molecule has 2 saturated heterocycles. The Morgan fingerprint density at radius 1 is 0.842 bits per heavy atom. The third-order valence-corrected chi connectivity index (χ3v) is 8.11. The molecule has 6 rings (SSSR count). The highest BCUT2D eigenvalue weighted by Crippen LogP contribution is 2.45. The van der Waals surface area contributed by atoms with Gasteiger partial charge in [-0.15, -0.1) is 0 Å². The third kappa shape index (κ3) is 4.21. The van der Waals surface area contributed by atoms with Crippen LogP contribution in [0.3, 0.4) is 0 Å². The number of hydrogen-bond acceptors (Lipinski definition) is 6. The normalized spacial score (nSPS) is 21.8. The lowest BCUT2D eigenvalue weighted by Gasteiger charge is -2.47. The van der Waals surface area contributed by atoms with Crippen LogP contribution in [0.2, 0.25) is 0 Å². The standard InChI is InChI=1S/C31H31NO6/c1-35-28-12-11-19(15-29(28)36-2)30(33)20-13-21-16-37-17-22(14-20)32(21)31(34)38-18-27-25-9-5-3-7-23(25)24-8-4-6-10-26(24)27/h3-12,15,20-22,27H,13-14,16-18H2,1-2H3. The first-order valence-electron chi connectivity index (χ1n) is 13.1. The van der Waals surface area contributed by atoms with Gasteiger partial charge in [0.15, 0.2) is 17.3 Å². The van der Waals surface area contributed by atoms with Crippen molar-refractivity contribution in [2.45, 2.75) is 30.8 Å². The Morgan fingerprint density at radius 3 is 2.05 bits per heavy atom. The minimum absolute atomic E-state index is 0.00612. The van der Waals surface area contributed by atoms with E-state index in [1.54, 1.807) is 32.4 Å². The van der Waals surface area contributed by atoms with Crippen LogP contribution in [0.15, 0.2) is 66.7 Å². The molecule has 0 N–H and O–H groups in total. The zero-order valence-electron chi connectivity index (χ0n) is 21.6. The van der Waals surface area contributed by atoms with Crippen LogP contribution in [0.4, 0.5) is 4.79 Å². The monoisotopic (exact) mass is 513 g/mol. The minimum atomic E-state index is -0.331. The van der Waals surface area contributed by atoms with Crippen LogP contribution in [-0.4, -0.2) is 62.9 Å². The lowest BCUT2D eigenvalue weighted by Crippen LogP contribution is -2.60. The van der Waals surface area contributed by atoms with Crippen LogP contribution < -0.4 is 9.47 Å². The van der Waals surface area contributed by atoms with Gasteiger partial charge in [0.05, 0.1) is 39.5 Å². The fourth-order valence-corrected chi connectivity index (χ4v) is 6.32. The first-order valence-corrected chi connectivity index (χ1v) is 13.1. The SMILES string of the molecule is COc1ccc(C(=O)C2CC3COCC(C2)N3C(=O)OCC2c3ccccc3-c3ccccc32)cc1OC. The van der Waals surface area contributed by atoms with E-state index in [1.165, 1.54) is 22.3 Å². The van der Waals surface area contributed by atoms with E-state index < -0.39 is 0 Å². The van der Waals surface area contributed by atoms with Crippen molar-refractivity contribution in [2.24, 2.45) is 5.92 Å². The van der Waals surface area contributed by atoms with Crippen molar-refractivity contribution in [2.75, 3.05) is 34.0 Å². The summed E-state index contributed by atoms with van der Waals surface area (Å²) in [6.45, 7) is 1.07. The number of ether oxygens (including phenoxy) is 4. The predicted molar refractivity (Wildman–Crippen MR) is 142 cm³/mol. The average molecular weight is 514 g/mol. The molecule has 1 amide bonds. The van der Waals surface area contributed by atoms with E-state index in [0.29, 0.717) is 43.1 Å². The van der Waals surface area contributed by atoms with Gasteiger partial charge >= 0.3 is 6.09 Å². The van der Waals surface area contributed by atoms with Crippen LogP contribution >= 0.6 is 0 Å². The largest absolute Gasteiger partial charge is 0.493 e. The van der Waals surface area contributed by atoms with E-state index in [2.05, 4.69) is 24.3 Å². The molecule has 38 heavy (non-hydrogen) atoms. The Morgan fingerprint density at radius 2 is 1.45 bits per heavy atom. The van der Waals surface area contributed by atoms with Gasteiger partial charge in [0.2, 0.25) is 0 Å². The molecule has 7 heteroatoms. The van der Waals surface area contributed by atoms with Gasteiger partial charge in [-0.05, 0) is 53.3 Å². The summed E-state index contributed by atoms with van der Waals surface area (Å²) in [4.78, 5) is 28.7. The summed E-state index contributed by atoms with van der Waals surface area (Å²) in [6.07, 6.45) is 0.740. The molecule has 2 fully saturated rings. The number of ketones is 1. The number of rotatable bonds is 6. The number of amides is 1. The zero-order chi connectivity index (χ0) is 26.2. The number of hydrogen-bond donors (Lipinski definition) is 0. The molecule has 3 aliphatic rings. The Balaban J connectivity index is 1.16. The molecule has 196 valence electrons. The Labute approximate surface area is 222 Å². The maximum absolute atomic E-state index is 13.4. The maximum atomic E-state index is 13.4. The van der Waals surface area contributed by atoms with Gasteiger partial charge in [0.1, 0.15) is 6.61 Å². The van der Waals surface area contributed by atoms with Crippen molar-refractivity contribution >= 4 is 11.9 Å². The van der Waals surface area contributed by atoms with Gasteiger partial charge in [0, 0.05) is 17.4 Å². The van der Waals surface area contributed by atoms with E-state index in [-0.39, 0.29) is 42.4 Å². The van der Waals surface area contributed by atoms with E-state index >= 15 is 0 Å². The third-order valence-electron chi connectivity index (χ3n) is 8.11. The summed E-state index contributed by atoms with van der Waals surface area (Å²) in [6, 6.07) is 21.5. The summed E-state index contributed by atoms with van der Waals surface area (Å²) in [7, 11) is 3.13. The topological polar surface area (TPSA) is 74.3 Å². The van der Waals surface area contributed by atoms with Crippen LogP contribution in [0.25, 0.3) is 11.1 Å². The molecule has 0 spiro atoms. The number of piperidine rings is 1. The second kappa shape index (κ2) is 10.1. The molecule has 0 radical (unpaired) electrons. The molecule has 1 aliphatic carbocycles. The minimum Gasteiger partial charge on any atom is -0.493 e. The average Bonchev–Trinajstić information content (AvgIpc) is 3.28. The predicted octanol–water partition coefficient (Wildman–Crippen LogP) is 5.32. The zero-order valence-corrected chi connectivity index (χ0v) is 21.6. The number of morpholine rings is 1. The molecule has 2 aliphatic heterocycles. The highest BCUT2D eigenvalue weighted by molar-refractivity contribution is 5.98. The molecule has 0 saturated carbocycles. The number of benzene rings is 3. The summed E-state index contributed by atoms with van der Waals surface area (Å²) in [5, 5.41) is 0. The molecule has 3 aromatic carbocycles.